The predicted molar refractivity (Wildman–Crippen MR) is 183 cm³/mol. The van der Waals surface area contributed by atoms with Gasteiger partial charge < -0.3 is 9.80 Å². The molecule has 3 heterocycles. The van der Waals surface area contributed by atoms with Crippen LogP contribution >= 0.6 is 0 Å². The van der Waals surface area contributed by atoms with E-state index in [2.05, 4.69) is 28.2 Å². The van der Waals surface area contributed by atoms with E-state index in [0.29, 0.717) is 39.4 Å². The molecule has 0 bridgehead atoms. The standard InChI is InChI=1S/C37H40N6O4/c1-6-31(38-22(2)42-34(44)27-13-7-10-24-11-8-14-28(32(24)27)35(42)45)40(5)23(3)43-36(46)29-15-9-12-25-20-26(21-30(33(25)29)37(43)47)41-18-16-39(4)17-19-41/h7-15,20-23,31,38H,6,16-19H2,1-5H3. The van der Waals surface area contributed by atoms with E-state index in [9.17, 15) is 19.2 Å². The fourth-order valence-electron chi connectivity index (χ4n) is 7.42. The van der Waals surface area contributed by atoms with E-state index in [1.54, 1.807) is 25.1 Å². The summed E-state index contributed by atoms with van der Waals surface area (Å²) >= 11 is 0. The van der Waals surface area contributed by atoms with Gasteiger partial charge in [0.25, 0.3) is 23.6 Å². The van der Waals surface area contributed by atoms with Gasteiger partial charge in [-0.2, -0.15) is 0 Å². The van der Waals surface area contributed by atoms with Crippen molar-refractivity contribution in [2.24, 2.45) is 0 Å². The molecule has 1 N–H and O–H groups in total. The molecule has 4 amide bonds. The maximum atomic E-state index is 14.3. The van der Waals surface area contributed by atoms with Crippen LogP contribution in [0.2, 0.25) is 0 Å². The molecule has 3 aliphatic rings. The molecule has 10 heteroatoms. The van der Waals surface area contributed by atoms with Gasteiger partial charge in [0.05, 0.1) is 24.1 Å². The quantitative estimate of drug-likeness (QED) is 0.223. The molecule has 0 aromatic heterocycles. The van der Waals surface area contributed by atoms with E-state index in [1.807, 2.05) is 68.3 Å². The number of hydrogen-bond donors (Lipinski definition) is 1. The highest BCUT2D eigenvalue weighted by Gasteiger charge is 2.41. The van der Waals surface area contributed by atoms with Crippen LogP contribution in [0, 0.1) is 0 Å². The number of piperazine rings is 1. The van der Waals surface area contributed by atoms with Crippen LogP contribution in [0.4, 0.5) is 5.69 Å². The molecule has 0 saturated carbocycles. The topological polar surface area (TPSA) is 96.5 Å². The summed E-state index contributed by atoms with van der Waals surface area (Å²) < 4.78 is 0. The molecule has 10 nitrogen and oxygen atoms in total. The van der Waals surface area contributed by atoms with Gasteiger partial charge in [0.1, 0.15) is 0 Å². The fourth-order valence-corrected chi connectivity index (χ4v) is 7.42. The van der Waals surface area contributed by atoms with Crippen LogP contribution in [0.3, 0.4) is 0 Å². The Bertz CT molecular complexity index is 1900. The predicted octanol–water partition coefficient (Wildman–Crippen LogP) is 4.59. The third-order valence-corrected chi connectivity index (χ3v) is 10.2. The summed E-state index contributed by atoms with van der Waals surface area (Å²) in [7, 11) is 3.96. The maximum absolute atomic E-state index is 14.3. The highest BCUT2D eigenvalue weighted by atomic mass is 16.2. The monoisotopic (exact) mass is 632 g/mol. The van der Waals surface area contributed by atoms with Crippen LogP contribution in [0.5, 0.6) is 0 Å². The second-order valence-corrected chi connectivity index (χ2v) is 12.9. The van der Waals surface area contributed by atoms with Crippen molar-refractivity contribution < 1.29 is 19.2 Å². The van der Waals surface area contributed by atoms with Crippen LogP contribution in [-0.4, -0.2) is 102 Å². The molecule has 47 heavy (non-hydrogen) atoms. The summed E-state index contributed by atoms with van der Waals surface area (Å²) in [6.45, 7) is 9.22. The largest absolute Gasteiger partial charge is 0.369 e. The van der Waals surface area contributed by atoms with E-state index in [1.165, 1.54) is 9.80 Å². The summed E-state index contributed by atoms with van der Waals surface area (Å²) in [5.41, 5.74) is 3.01. The summed E-state index contributed by atoms with van der Waals surface area (Å²) in [5, 5.41) is 6.56. The number of carbonyl (C=O) groups excluding carboxylic acids is 4. The average Bonchev–Trinajstić information content (AvgIpc) is 3.08. The van der Waals surface area contributed by atoms with Crippen LogP contribution in [0.25, 0.3) is 21.5 Å². The van der Waals surface area contributed by atoms with Crippen LogP contribution in [-0.2, 0) is 0 Å². The Hall–Kier alpha value is -4.64. The first-order chi connectivity index (χ1) is 22.6. The molecule has 0 spiro atoms. The Morgan fingerprint density at radius 1 is 0.702 bits per heavy atom. The van der Waals surface area contributed by atoms with E-state index in [4.69, 9.17) is 0 Å². The summed E-state index contributed by atoms with van der Waals surface area (Å²) in [6.07, 6.45) is -1.07. The van der Waals surface area contributed by atoms with Gasteiger partial charge in [0.2, 0.25) is 0 Å². The number of amides is 4. The molecule has 242 valence electrons. The molecule has 3 atom stereocenters. The lowest BCUT2D eigenvalue weighted by Crippen LogP contribution is -2.61. The number of likely N-dealkylation sites (N-methyl/N-ethyl adjacent to an activating group) is 1. The molecular weight excluding hydrogens is 592 g/mol. The third kappa shape index (κ3) is 4.99. The molecule has 1 saturated heterocycles. The first-order valence-corrected chi connectivity index (χ1v) is 16.4. The number of carbonyl (C=O) groups is 4. The van der Waals surface area contributed by atoms with Crippen molar-refractivity contribution >= 4 is 50.9 Å². The summed E-state index contributed by atoms with van der Waals surface area (Å²) in [5.74, 6) is -1.38. The fraction of sp³-hybridized carbons (Fsp3) is 0.351. The number of imide groups is 2. The zero-order valence-electron chi connectivity index (χ0n) is 27.5. The lowest BCUT2D eigenvalue weighted by molar-refractivity contribution is 0.0153. The van der Waals surface area contributed by atoms with Crippen LogP contribution in [0.15, 0.2) is 66.7 Å². The highest BCUT2D eigenvalue weighted by Crippen LogP contribution is 2.36. The number of nitrogens with zero attached hydrogens (tertiary/aromatic N) is 5. The average molecular weight is 633 g/mol. The minimum absolute atomic E-state index is 0.331. The molecule has 0 radical (unpaired) electrons. The van der Waals surface area contributed by atoms with Crippen molar-refractivity contribution in [1.29, 1.82) is 0 Å². The number of hydrogen-bond acceptors (Lipinski definition) is 8. The van der Waals surface area contributed by atoms with Crippen LogP contribution in [0.1, 0.15) is 68.6 Å². The lowest BCUT2D eigenvalue weighted by Gasteiger charge is -2.42. The highest BCUT2D eigenvalue weighted by molar-refractivity contribution is 6.26. The number of nitrogens with one attached hydrogen (secondary N) is 1. The van der Waals surface area contributed by atoms with E-state index < -0.39 is 12.3 Å². The zero-order chi connectivity index (χ0) is 33.1. The minimum Gasteiger partial charge on any atom is -0.369 e. The SMILES string of the molecule is CCC(NC(C)N1C(=O)c2cccc3cccc(c23)C1=O)N(C)C(C)N1C(=O)c2cccc3cc(N4CCN(C)CC4)cc(c23)C1=O. The van der Waals surface area contributed by atoms with Crippen molar-refractivity contribution in [2.75, 3.05) is 45.2 Å². The van der Waals surface area contributed by atoms with Crippen molar-refractivity contribution in [1.82, 2.24) is 24.9 Å². The summed E-state index contributed by atoms with van der Waals surface area (Å²) in [4.78, 5) is 64.7. The first kappa shape index (κ1) is 31.0. The normalized spacial score (nSPS) is 18.9. The number of anilines is 1. The van der Waals surface area contributed by atoms with Gasteiger partial charge in [-0.1, -0.05) is 43.3 Å². The third-order valence-electron chi connectivity index (χ3n) is 10.2. The van der Waals surface area contributed by atoms with Crippen molar-refractivity contribution in [3.05, 3.63) is 89.0 Å². The van der Waals surface area contributed by atoms with E-state index in [0.717, 1.165) is 42.6 Å². The Kier molecular flexibility index (Phi) is 7.82. The van der Waals surface area contributed by atoms with E-state index in [-0.39, 0.29) is 29.8 Å². The van der Waals surface area contributed by atoms with Gasteiger partial charge in [-0.15, -0.1) is 0 Å². The van der Waals surface area contributed by atoms with Gasteiger partial charge in [0, 0.05) is 59.3 Å². The first-order valence-electron chi connectivity index (χ1n) is 16.4. The Labute approximate surface area is 274 Å². The Morgan fingerprint density at radius 3 is 1.79 bits per heavy atom. The van der Waals surface area contributed by atoms with Gasteiger partial charge in [-0.3, -0.25) is 39.2 Å². The Balaban J connectivity index is 1.15. The molecule has 4 aromatic rings. The van der Waals surface area contributed by atoms with Gasteiger partial charge in [-0.05, 0) is 75.5 Å². The van der Waals surface area contributed by atoms with Crippen LogP contribution < -0.4 is 10.2 Å². The second kappa shape index (κ2) is 11.9. The van der Waals surface area contributed by atoms with Gasteiger partial charge >= 0.3 is 0 Å². The van der Waals surface area contributed by atoms with Gasteiger partial charge in [0.15, 0.2) is 0 Å². The second-order valence-electron chi connectivity index (χ2n) is 12.9. The smallest absolute Gasteiger partial charge is 0.262 e. The minimum atomic E-state index is -0.661. The molecule has 4 aromatic carbocycles. The molecule has 1 fully saturated rings. The van der Waals surface area contributed by atoms with Crippen molar-refractivity contribution in [3.63, 3.8) is 0 Å². The molecule has 0 aliphatic carbocycles. The lowest BCUT2D eigenvalue weighted by atomic mass is 9.92. The maximum Gasteiger partial charge on any atom is 0.262 e. The van der Waals surface area contributed by atoms with E-state index >= 15 is 0 Å². The van der Waals surface area contributed by atoms with Crippen molar-refractivity contribution in [3.8, 4) is 0 Å². The molecular formula is C37H40N6O4. The molecule has 3 unspecified atom stereocenters. The molecule has 7 rings (SSSR count). The summed E-state index contributed by atoms with van der Waals surface area (Å²) in [6, 6.07) is 20.6. The number of rotatable bonds is 8. The zero-order valence-corrected chi connectivity index (χ0v) is 27.5. The number of benzene rings is 4. The molecule has 3 aliphatic heterocycles. The van der Waals surface area contributed by atoms with Crippen molar-refractivity contribution in [2.45, 2.75) is 45.7 Å². The Morgan fingerprint density at radius 2 is 1.21 bits per heavy atom. The van der Waals surface area contributed by atoms with Gasteiger partial charge in [-0.25, -0.2) is 0 Å².